The molecule has 1 nitrogen and oxygen atoms in total. The van der Waals surface area contributed by atoms with E-state index in [4.69, 9.17) is 18.0 Å². The van der Waals surface area contributed by atoms with Crippen molar-refractivity contribution in [1.29, 1.82) is 0 Å². The van der Waals surface area contributed by atoms with Crippen molar-refractivity contribution in [1.82, 2.24) is 0 Å². The van der Waals surface area contributed by atoms with E-state index >= 15 is 0 Å². The molecule has 19 heavy (non-hydrogen) atoms. The van der Waals surface area contributed by atoms with E-state index in [2.05, 4.69) is 36.9 Å². The quantitative estimate of drug-likeness (QED) is 0.656. The third kappa shape index (κ3) is 1.28. The summed E-state index contributed by atoms with van der Waals surface area (Å²) in [7, 11) is 0. The van der Waals surface area contributed by atoms with Crippen LogP contribution in [0.25, 0.3) is 0 Å². The van der Waals surface area contributed by atoms with Gasteiger partial charge in [-0.15, -0.1) is 0 Å². The molecular weight excluding hydrogens is 250 g/mol. The minimum absolute atomic E-state index is 0.0746. The van der Waals surface area contributed by atoms with Gasteiger partial charge in [0.25, 0.3) is 0 Å². The second kappa shape index (κ2) is 3.49. The number of thiocarbonyl (C=S) groups is 1. The van der Waals surface area contributed by atoms with Crippen LogP contribution in [0.1, 0.15) is 31.2 Å². The van der Waals surface area contributed by atoms with Gasteiger partial charge in [-0.1, -0.05) is 54.7 Å². The summed E-state index contributed by atoms with van der Waals surface area (Å²) in [5, 5.41) is 0. The summed E-state index contributed by atoms with van der Waals surface area (Å²) in [4.78, 5) is 0.735. The predicted molar refractivity (Wildman–Crippen MR) is 81.9 cm³/mol. The van der Waals surface area contributed by atoms with Crippen molar-refractivity contribution in [2.24, 2.45) is 23.0 Å². The first-order valence-electron chi connectivity index (χ1n) is 7.12. The lowest BCUT2D eigenvalue weighted by Gasteiger charge is -2.41. The fourth-order valence-electron chi connectivity index (χ4n) is 5.26. The second-order valence-electron chi connectivity index (χ2n) is 6.78. The lowest BCUT2D eigenvalue weighted by molar-refractivity contribution is 0.238. The molecular formula is C17H19NS. The summed E-state index contributed by atoms with van der Waals surface area (Å²) < 4.78 is 0. The molecule has 4 fully saturated rings. The van der Waals surface area contributed by atoms with Crippen molar-refractivity contribution in [2.75, 3.05) is 0 Å². The molecule has 4 bridgehead atoms. The summed E-state index contributed by atoms with van der Waals surface area (Å²) in [5.41, 5.74) is 9.43. The Morgan fingerprint density at radius 3 is 2.58 bits per heavy atom. The Bertz CT molecular complexity index is 578. The summed E-state index contributed by atoms with van der Waals surface area (Å²) in [6.07, 6.45) is 4.74. The zero-order chi connectivity index (χ0) is 13.3. The lowest BCUT2D eigenvalue weighted by atomic mass is 9.63. The molecule has 0 aromatic heterocycles. The van der Waals surface area contributed by atoms with Gasteiger partial charge in [0.15, 0.2) is 0 Å². The number of hydrogen-bond acceptors (Lipinski definition) is 1. The lowest BCUT2D eigenvalue weighted by Crippen LogP contribution is -2.40. The zero-order valence-electron chi connectivity index (χ0n) is 11.1. The Labute approximate surface area is 119 Å². The largest absolute Gasteiger partial charge is 0.393 e. The molecule has 4 atom stereocenters. The predicted octanol–water partition coefficient (Wildman–Crippen LogP) is 3.59. The van der Waals surface area contributed by atoms with E-state index in [1.54, 1.807) is 0 Å². The average molecular weight is 269 g/mol. The maximum atomic E-state index is 6.15. The molecule has 2 N–H and O–H groups in total. The van der Waals surface area contributed by atoms with Crippen molar-refractivity contribution >= 4 is 17.2 Å². The molecule has 4 aliphatic rings. The van der Waals surface area contributed by atoms with Gasteiger partial charge in [0.1, 0.15) is 0 Å². The maximum absolute atomic E-state index is 6.15. The molecule has 1 aromatic carbocycles. The van der Waals surface area contributed by atoms with Crippen LogP contribution in [-0.2, 0) is 5.41 Å². The Morgan fingerprint density at radius 1 is 1.21 bits per heavy atom. The molecule has 0 aliphatic heterocycles. The van der Waals surface area contributed by atoms with Gasteiger partial charge in [-0.3, -0.25) is 0 Å². The molecule has 2 heteroatoms. The SMILES string of the molecule is C=C1C2CC3(c4ccccc4)CC1C(C(N)=S)(C2)C3. The summed E-state index contributed by atoms with van der Waals surface area (Å²) in [5.74, 6) is 1.16. The van der Waals surface area contributed by atoms with Crippen LogP contribution in [0.15, 0.2) is 42.5 Å². The van der Waals surface area contributed by atoms with Crippen molar-refractivity contribution in [3.63, 3.8) is 0 Å². The van der Waals surface area contributed by atoms with Gasteiger partial charge in [0.2, 0.25) is 0 Å². The van der Waals surface area contributed by atoms with Crippen LogP contribution in [-0.4, -0.2) is 4.99 Å². The fraction of sp³-hybridized carbons (Fsp3) is 0.471. The highest BCUT2D eigenvalue weighted by molar-refractivity contribution is 7.80. The molecule has 1 aromatic rings. The van der Waals surface area contributed by atoms with Gasteiger partial charge in [-0.05, 0) is 48.5 Å². The van der Waals surface area contributed by atoms with Gasteiger partial charge >= 0.3 is 0 Å². The van der Waals surface area contributed by atoms with E-state index in [9.17, 15) is 0 Å². The first-order chi connectivity index (χ1) is 9.07. The molecule has 4 saturated carbocycles. The van der Waals surface area contributed by atoms with Gasteiger partial charge < -0.3 is 5.73 Å². The highest BCUT2D eigenvalue weighted by Crippen LogP contribution is 2.72. The number of allylic oxidation sites excluding steroid dienone is 1. The first kappa shape index (κ1) is 11.7. The standard InChI is InChI=1S/C17H19NS/c1-11-12-7-16(13-5-3-2-4-6-13)9-14(11)17(8-12,10-16)15(18)19/h2-6,12,14H,1,7-10H2,(H2,18,19). The number of benzene rings is 1. The summed E-state index contributed by atoms with van der Waals surface area (Å²) in [6.45, 7) is 4.35. The molecule has 0 spiro atoms. The highest BCUT2D eigenvalue weighted by atomic mass is 32.1. The van der Waals surface area contributed by atoms with Gasteiger partial charge in [0.05, 0.1) is 4.99 Å². The molecule has 5 rings (SSSR count). The number of nitrogens with two attached hydrogens (primary N) is 1. The average Bonchev–Trinajstić information content (AvgIpc) is 2.78. The Balaban J connectivity index is 1.85. The van der Waals surface area contributed by atoms with Crippen LogP contribution in [0.4, 0.5) is 0 Å². The maximum Gasteiger partial charge on any atom is 0.0796 e. The van der Waals surface area contributed by atoms with E-state index < -0.39 is 0 Å². The third-order valence-corrected chi connectivity index (χ3v) is 6.42. The minimum Gasteiger partial charge on any atom is -0.393 e. The third-order valence-electron chi connectivity index (χ3n) is 6.01. The molecule has 98 valence electrons. The van der Waals surface area contributed by atoms with Crippen LogP contribution in [0.3, 0.4) is 0 Å². The fourth-order valence-corrected chi connectivity index (χ4v) is 5.56. The van der Waals surface area contributed by atoms with Crippen molar-refractivity contribution in [2.45, 2.75) is 31.1 Å². The zero-order valence-corrected chi connectivity index (χ0v) is 11.9. The van der Waals surface area contributed by atoms with E-state index in [1.165, 1.54) is 24.0 Å². The number of hydrogen-bond donors (Lipinski definition) is 1. The van der Waals surface area contributed by atoms with Crippen LogP contribution < -0.4 is 5.73 Å². The monoisotopic (exact) mass is 269 g/mol. The van der Waals surface area contributed by atoms with E-state index in [0.717, 1.165) is 17.8 Å². The van der Waals surface area contributed by atoms with Crippen LogP contribution in [0.2, 0.25) is 0 Å². The van der Waals surface area contributed by atoms with Gasteiger partial charge in [-0.25, -0.2) is 0 Å². The Hall–Kier alpha value is -1.15. The second-order valence-corrected chi connectivity index (χ2v) is 7.22. The minimum atomic E-state index is 0.0746. The molecule has 4 unspecified atom stereocenters. The normalized spacial score (nSPS) is 42.8. The number of rotatable bonds is 2. The van der Waals surface area contributed by atoms with Crippen LogP contribution in [0.5, 0.6) is 0 Å². The van der Waals surface area contributed by atoms with E-state index in [1.807, 2.05) is 0 Å². The summed E-state index contributed by atoms with van der Waals surface area (Å²) in [6, 6.07) is 11.0. The van der Waals surface area contributed by atoms with Gasteiger partial charge in [-0.2, -0.15) is 0 Å². The van der Waals surface area contributed by atoms with E-state index in [0.29, 0.717) is 17.3 Å². The highest BCUT2D eigenvalue weighted by Gasteiger charge is 2.66. The smallest absolute Gasteiger partial charge is 0.0796 e. The van der Waals surface area contributed by atoms with Crippen molar-refractivity contribution in [3.05, 3.63) is 48.0 Å². The molecule has 0 saturated heterocycles. The van der Waals surface area contributed by atoms with Gasteiger partial charge in [0, 0.05) is 5.41 Å². The van der Waals surface area contributed by atoms with Crippen molar-refractivity contribution < 1.29 is 0 Å². The Kier molecular flexibility index (Phi) is 2.14. The topological polar surface area (TPSA) is 26.0 Å². The Morgan fingerprint density at radius 2 is 1.95 bits per heavy atom. The molecule has 0 heterocycles. The van der Waals surface area contributed by atoms with Crippen LogP contribution in [0, 0.1) is 17.3 Å². The first-order valence-corrected chi connectivity index (χ1v) is 7.52. The molecule has 0 radical (unpaired) electrons. The van der Waals surface area contributed by atoms with Crippen molar-refractivity contribution in [3.8, 4) is 0 Å². The van der Waals surface area contributed by atoms with E-state index in [-0.39, 0.29) is 5.41 Å². The van der Waals surface area contributed by atoms with Crippen LogP contribution >= 0.6 is 12.2 Å². The molecule has 4 aliphatic carbocycles. The molecule has 0 amide bonds. The summed E-state index contributed by atoms with van der Waals surface area (Å²) >= 11 is 5.45.